The molecule has 0 bridgehead atoms. The summed E-state index contributed by atoms with van der Waals surface area (Å²) in [5.41, 5.74) is 4.30. The fourth-order valence-electron chi connectivity index (χ4n) is 4.00. The monoisotopic (exact) mass is 436 g/mol. The number of hydrazone groups is 1. The van der Waals surface area contributed by atoms with Gasteiger partial charge in [0.05, 0.1) is 18.9 Å². The molecule has 2 atom stereocenters. The third-order valence-corrected chi connectivity index (χ3v) is 6.55. The first-order chi connectivity index (χ1) is 14.7. The number of benzene rings is 3. The topological polar surface area (TPSA) is 34.1 Å². The average Bonchev–Trinajstić information content (AvgIpc) is 3.24. The van der Waals surface area contributed by atoms with Gasteiger partial charge in [0.25, 0.3) is 0 Å². The molecule has 0 amide bonds. The third-order valence-electron chi connectivity index (χ3n) is 5.58. The zero-order valence-corrected chi connectivity index (χ0v) is 18.3. The molecule has 0 fully saturated rings. The molecule has 4 nitrogen and oxygen atoms in total. The third kappa shape index (κ3) is 3.42. The van der Waals surface area contributed by atoms with E-state index >= 15 is 0 Å². The molecular weight excluding hydrogens is 416 g/mol. The van der Waals surface area contributed by atoms with Crippen molar-refractivity contribution in [3.63, 3.8) is 0 Å². The number of ether oxygens (including phenoxy) is 2. The predicted octanol–water partition coefficient (Wildman–Crippen LogP) is 6.31. The first-order valence-electron chi connectivity index (χ1n) is 9.76. The number of methoxy groups -OCH3 is 1. The molecule has 2 unspecified atom stereocenters. The van der Waals surface area contributed by atoms with Crippen LogP contribution in [-0.2, 0) is 0 Å². The van der Waals surface area contributed by atoms with Gasteiger partial charge in [-0.25, -0.2) is 5.01 Å². The maximum absolute atomic E-state index is 6.40. The van der Waals surface area contributed by atoms with E-state index in [1.165, 1.54) is 4.90 Å². The van der Waals surface area contributed by atoms with Crippen LogP contribution in [0.3, 0.4) is 0 Å². The molecule has 2 aliphatic heterocycles. The van der Waals surface area contributed by atoms with E-state index in [-0.39, 0.29) is 12.3 Å². The van der Waals surface area contributed by atoms with Gasteiger partial charge in [-0.1, -0.05) is 23.7 Å². The highest BCUT2D eigenvalue weighted by molar-refractivity contribution is 7.98. The first kappa shape index (κ1) is 19.3. The van der Waals surface area contributed by atoms with Crippen LogP contribution in [-0.4, -0.2) is 24.1 Å². The van der Waals surface area contributed by atoms with Gasteiger partial charge in [-0.3, -0.25) is 0 Å². The molecule has 0 saturated carbocycles. The summed E-state index contributed by atoms with van der Waals surface area (Å²) in [7, 11) is 1.67. The minimum absolute atomic E-state index is 0.0785. The number of fused-ring (bicyclic) bond motifs is 3. The van der Waals surface area contributed by atoms with Crippen molar-refractivity contribution in [2.75, 3.05) is 13.4 Å². The lowest BCUT2D eigenvalue weighted by Crippen LogP contribution is -2.33. The quantitative estimate of drug-likeness (QED) is 0.448. The highest BCUT2D eigenvalue weighted by Crippen LogP contribution is 2.48. The van der Waals surface area contributed by atoms with E-state index in [1.54, 1.807) is 18.9 Å². The van der Waals surface area contributed by atoms with Gasteiger partial charge >= 0.3 is 0 Å². The van der Waals surface area contributed by atoms with Crippen molar-refractivity contribution >= 4 is 29.1 Å². The largest absolute Gasteiger partial charge is 0.497 e. The van der Waals surface area contributed by atoms with Crippen LogP contribution >= 0.6 is 23.4 Å². The summed E-state index contributed by atoms with van der Waals surface area (Å²) >= 11 is 8.05. The number of nitrogens with zero attached hydrogens (tertiary/aromatic N) is 2. The van der Waals surface area contributed by atoms with Gasteiger partial charge in [0.2, 0.25) is 6.23 Å². The van der Waals surface area contributed by atoms with Crippen molar-refractivity contribution in [1.29, 1.82) is 0 Å². The Hall–Kier alpha value is -2.63. The summed E-state index contributed by atoms with van der Waals surface area (Å²) in [6.45, 7) is 0. The normalized spacial score (nSPS) is 19.6. The molecule has 152 valence electrons. The van der Waals surface area contributed by atoms with Crippen LogP contribution in [0.15, 0.2) is 76.7 Å². The van der Waals surface area contributed by atoms with Crippen LogP contribution in [0.5, 0.6) is 11.5 Å². The zero-order chi connectivity index (χ0) is 20.7. The minimum Gasteiger partial charge on any atom is -0.497 e. The second-order valence-electron chi connectivity index (χ2n) is 7.30. The Morgan fingerprint density at radius 2 is 1.83 bits per heavy atom. The van der Waals surface area contributed by atoms with Crippen molar-refractivity contribution in [1.82, 2.24) is 5.01 Å². The van der Waals surface area contributed by atoms with Gasteiger partial charge in [-0.15, -0.1) is 11.8 Å². The van der Waals surface area contributed by atoms with E-state index < -0.39 is 0 Å². The maximum Gasteiger partial charge on any atom is 0.213 e. The lowest BCUT2D eigenvalue weighted by atomic mass is 9.96. The van der Waals surface area contributed by atoms with Crippen molar-refractivity contribution in [2.45, 2.75) is 23.6 Å². The number of hydrogen-bond donors (Lipinski definition) is 0. The van der Waals surface area contributed by atoms with Gasteiger partial charge in [0, 0.05) is 27.5 Å². The van der Waals surface area contributed by atoms with Gasteiger partial charge in [0.15, 0.2) is 0 Å². The van der Waals surface area contributed by atoms with Crippen LogP contribution in [0.2, 0.25) is 5.02 Å². The maximum atomic E-state index is 6.40. The molecule has 2 aliphatic rings. The van der Waals surface area contributed by atoms with E-state index in [0.717, 1.165) is 40.3 Å². The molecule has 0 aliphatic carbocycles. The molecule has 0 saturated heterocycles. The highest BCUT2D eigenvalue weighted by Gasteiger charge is 2.41. The smallest absolute Gasteiger partial charge is 0.213 e. The van der Waals surface area contributed by atoms with E-state index in [4.69, 9.17) is 26.2 Å². The molecule has 6 heteroatoms. The second kappa shape index (κ2) is 7.89. The Labute approximate surface area is 185 Å². The summed E-state index contributed by atoms with van der Waals surface area (Å²) in [5.74, 6) is 1.67. The Balaban J connectivity index is 1.56. The van der Waals surface area contributed by atoms with Crippen LogP contribution < -0.4 is 9.47 Å². The number of hydrogen-bond acceptors (Lipinski definition) is 5. The SMILES string of the molecule is COc1ccc(C2Oc3ccc(Cl)cc3C3CC(c4ccc(SC)cc4)=NN32)cc1. The van der Waals surface area contributed by atoms with Gasteiger partial charge in [-0.05, 0) is 66.4 Å². The fraction of sp³-hybridized carbons (Fsp3) is 0.208. The van der Waals surface area contributed by atoms with E-state index in [2.05, 4.69) is 35.5 Å². The highest BCUT2D eigenvalue weighted by atomic mass is 35.5. The summed E-state index contributed by atoms with van der Waals surface area (Å²) in [6, 6.07) is 22.4. The molecule has 0 N–H and O–H groups in total. The minimum atomic E-state index is -0.308. The Kier molecular flexibility index (Phi) is 5.09. The van der Waals surface area contributed by atoms with Crippen molar-refractivity contribution < 1.29 is 9.47 Å². The van der Waals surface area contributed by atoms with Gasteiger partial charge in [0.1, 0.15) is 11.5 Å². The molecule has 30 heavy (non-hydrogen) atoms. The van der Waals surface area contributed by atoms with Crippen LogP contribution in [0.25, 0.3) is 0 Å². The molecule has 0 radical (unpaired) electrons. The van der Waals surface area contributed by atoms with Gasteiger partial charge in [-0.2, -0.15) is 5.10 Å². The first-order valence-corrected chi connectivity index (χ1v) is 11.4. The van der Waals surface area contributed by atoms with Crippen molar-refractivity contribution in [3.8, 4) is 11.5 Å². The van der Waals surface area contributed by atoms with Crippen molar-refractivity contribution in [2.24, 2.45) is 5.10 Å². The summed E-state index contributed by atoms with van der Waals surface area (Å²) in [6.07, 6.45) is 2.58. The van der Waals surface area contributed by atoms with Crippen LogP contribution in [0.1, 0.15) is 35.4 Å². The van der Waals surface area contributed by atoms with Crippen LogP contribution in [0.4, 0.5) is 0 Å². The summed E-state index contributed by atoms with van der Waals surface area (Å²) < 4.78 is 11.7. The molecule has 0 aromatic heterocycles. The predicted molar refractivity (Wildman–Crippen MR) is 122 cm³/mol. The van der Waals surface area contributed by atoms with Crippen LogP contribution in [0, 0.1) is 0 Å². The van der Waals surface area contributed by atoms with E-state index in [0.29, 0.717) is 5.02 Å². The number of thioether (sulfide) groups is 1. The molecule has 3 aromatic carbocycles. The van der Waals surface area contributed by atoms with E-state index in [1.807, 2.05) is 42.5 Å². The number of halogens is 1. The molecular formula is C24H21ClN2O2S. The summed E-state index contributed by atoms with van der Waals surface area (Å²) in [4.78, 5) is 1.24. The Morgan fingerprint density at radius 3 is 2.53 bits per heavy atom. The molecule has 5 rings (SSSR count). The van der Waals surface area contributed by atoms with Gasteiger partial charge < -0.3 is 9.47 Å². The Bertz CT molecular complexity index is 1100. The average molecular weight is 437 g/mol. The standard InChI is InChI=1S/C24H21ClN2O2S/c1-28-18-8-3-16(4-9-18)24-27-22(20-13-17(25)7-12-23(20)29-24)14-21(26-27)15-5-10-19(30-2)11-6-15/h3-13,22,24H,14H2,1-2H3. The zero-order valence-electron chi connectivity index (χ0n) is 16.7. The summed E-state index contributed by atoms with van der Waals surface area (Å²) in [5, 5.41) is 7.78. The van der Waals surface area contributed by atoms with E-state index in [9.17, 15) is 0 Å². The fourth-order valence-corrected chi connectivity index (χ4v) is 4.59. The molecule has 3 aromatic rings. The lowest BCUT2D eigenvalue weighted by molar-refractivity contribution is -0.0190. The Morgan fingerprint density at radius 1 is 1.07 bits per heavy atom. The second-order valence-corrected chi connectivity index (χ2v) is 8.62. The molecule has 2 heterocycles. The number of rotatable bonds is 4. The molecule has 0 spiro atoms. The lowest BCUT2D eigenvalue weighted by Gasteiger charge is -2.38. The van der Waals surface area contributed by atoms with Crippen molar-refractivity contribution in [3.05, 3.63) is 88.4 Å².